The van der Waals surface area contributed by atoms with Crippen molar-refractivity contribution in [1.29, 1.82) is 0 Å². The number of nitrogens with zero attached hydrogens (tertiary/aromatic N) is 1. The Bertz CT molecular complexity index is 404. The summed E-state index contributed by atoms with van der Waals surface area (Å²) in [6.07, 6.45) is 1.71. The molecule has 1 aliphatic rings. The van der Waals surface area contributed by atoms with Crippen molar-refractivity contribution in [2.75, 3.05) is 30.9 Å². The molecular formula is C12H16N2O2. The summed E-state index contributed by atoms with van der Waals surface area (Å²) in [5, 5.41) is 3.10. The molecule has 4 nitrogen and oxygen atoms in total. The Morgan fingerprint density at radius 1 is 1.50 bits per heavy atom. The van der Waals surface area contributed by atoms with Crippen LogP contribution in [0.5, 0.6) is 0 Å². The molecule has 0 saturated carbocycles. The normalized spacial score (nSPS) is 14.2. The molecular weight excluding hydrogens is 204 g/mol. The smallest absolute Gasteiger partial charge is 0.414 e. The summed E-state index contributed by atoms with van der Waals surface area (Å²) >= 11 is 0. The monoisotopic (exact) mass is 220 g/mol. The highest BCUT2D eigenvalue weighted by molar-refractivity contribution is 5.89. The molecule has 0 fully saturated rings. The fourth-order valence-electron chi connectivity index (χ4n) is 2.05. The van der Waals surface area contributed by atoms with Crippen LogP contribution in [0.25, 0.3) is 0 Å². The minimum atomic E-state index is -0.279. The molecule has 1 heterocycles. The van der Waals surface area contributed by atoms with Gasteiger partial charge in [-0.2, -0.15) is 0 Å². The van der Waals surface area contributed by atoms with Crippen LogP contribution in [0.1, 0.15) is 12.0 Å². The van der Waals surface area contributed by atoms with Gasteiger partial charge in [-0.1, -0.05) is 0 Å². The van der Waals surface area contributed by atoms with Crippen LogP contribution in [0.3, 0.4) is 0 Å². The predicted molar refractivity (Wildman–Crippen MR) is 64.1 cm³/mol. The predicted octanol–water partition coefficient (Wildman–Crippen LogP) is 2.25. The van der Waals surface area contributed by atoms with E-state index < -0.39 is 0 Å². The molecule has 0 atom stereocenters. The molecule has 0 aromatic heterocycles. The molecule has 1 amide bonds. The van der Waals surface area contributed by atoms with Gasteiger partial charge in [0.15, 0.2) is 0 Å². The molecule has 1 aliphatic heterocycles. The largest absolute Gasteiger partial charge is 0.452 e. The molecule has 1 aromatic carbocycles. The third-order valence-corrected chi connectivity index (χ3v) is 2.88. The van der Waals surface area contributed by atoms with Crippen LogP contribution in [0.4, 0.5) is 16.2 Å². The molecule has 86 valence electrons. The number of carbonyl (C=O) groups excluding carboxylic acids is 1. The van der Waals surface area contributed by atoms with Gasteiger partial charge in [0.25, 0.3) is 0 Å². The zero-order chi connectivity index (χ0) is 11.5. The lowest BCUT2D eigenvalue weighted by Gasteiger charge is -2.28. The van der Waals surface area contributed by atoms with Crippen molar-refractivity contribution in [3.05, 3.63) is 23.8 Å². The van der Waals surface area contributed by atoms with Crippen molar-refractivity contribution >= 4 is 17.5 Å². The van der Waals surface area contributed by atoms with Gasteiger partial charge in [0, 0.05) is 19.3 Å². The Morgan fingerprint density at radius 2 is 2.31 bits per heavy atom. The maximum absolute atomic E-state index is 11.6. The lowest BCUT2D eigenvalue weighted by atomic mass is 10.0. The Hall–Kier alpha value is -1.71. The molecule has 0 saturated heterocycles. The van der Waals surface area contributed by atoms with Gasteiger partial charge in [0.1, 0.15) is 0 Å². The Balaban J connectivity index is 2.36. The number of fused-ring (bicyclic) bond motifs is 1. The zero-order valence-electron chi connectivity index (χ0n) is 9.62. The van der Waals surface area contributed by atoms with Crippen molar-refractivity contribution in [1.82, 2.24) is 0 Å². The van der Waals surface area contributed by atoms with Gasteiger partial charge in [-0.05, 0) is 36.6 Å². The van der Waals surface area contributed by atoms with E-state index in [2.05, 4.69) is 11.4 Å². The molecule has 0 spiro atoms. The van der Waals surface area contributed by atoms with E-state index in [-0.39, 0.29) is 6.09 Å². The van der Waals surface area contributed by atoms with Gasteiger partial charge in [0.2, 0.25) is 0 Å². The highest BCUT2D eigenvalue weighted by Crippen LogP contribution is 2.29. The molecule has 4 heteroatoms. The van der Waals surface area contributed by atoms with E-state index in [9.17, 15) is 4.79 Å². The zero-order valence-corrected chi connectivity index (χ0v) is 9.62. The molecule has 0 aliphatic carbocycles. The van der Waals surface area contributed by atoms with Crippen LogP contribution < -0.4 is 10.2 Å². The molecule has 1 N–H and O–H groups in total. The third kappa shape index (κ3) is 1.83. The number of rotatable bonds is 1. The van der Waals surface area contributed by atoms with Crippen molar-refractivity contribution in [2.45, 2.75) is 12.8 Å². The number of nitrogens with one attached hydrogen (secondary N) is 1. The first-order valence-electron chi connectivity index (χ1n) is 5.42. The summed E-state index contributed by atoms with van der Waals surface area (Å²) < 4.78 is 4.77. The summed E-state index contributed by atoms with van der Waals surface area (Å²) in [5.74, 6) is 0. The number of benzene rings is 1. The number of aryl methyl sites for hydroxylation is 1. The van der Waals surface area contributed by atoms with Gasteiger partial charge in [0.05, 0.1) is 12.8 Å². The summed E-state index contributed by atoms with van der Waals surface area (Å²) in [4.78, 5) is 13.3. The fraction of sp³-hybridized carbons (Fsp3) is 0.417. The van der Waals surface area contributed by atoms with E-state index in [1.165, 1.54) is 12.7 Å². The maximum Gasteiger partial charge on any atom is 0.414 e. The first-order valence-corrected chi connectivity index (χ1v) is 5.42. The first-order chi connectivity index (χ1) is 7.76. The molecule has 1 aromatic rings. The van der Waals surface area contributed by atoms with Gasteiger partial charge in [-0.25, -0.2) is 4.79 Å². The second-order valence-electron chi connectivity index (χ2n) is 3.82. The van der Waals surface area contributed by atoms with Crippen molar-refractivity contribution in [3.8, 4) is 0 Å². The summed E-state index contributed by atoms with van der Waals surface area (Å²) in [6, 6.07) is 6.03. The SMILES string of the molecule is CNc1ccc2c(c1)CCCN2C(=O)OC. The van der Waals surface area contributed by atoms with Crippen molar-refractivity contribution in [3.63, 3.8) is 0 Å². The van der Waals surface area contributed by atoms with Crippen LogP contribution in [-0.2, 0) is 11.2 Å². The minimum absolute atomic E-state index is 0.279. The average Bonchev–Trinajstić information content (AvgIpc) is 2.36. The lowest BCUT2D eigenvalue weighted by Crippen LogP contribution is -2.35. The number of anilines is 2. The number of carbonyl (C=O) groups is 1. The maximum atomic E-state index is 11.6. The van der Waals surface area contributed by atoms with E-state index in [4.69, 9.17) is 4.74 Å². The standard InChI is InChI=1S/C12H16N2O2/c1-13-10-5-6-11-9(8-10)4-3-7-14(11)12(15)16-2/h5-6,8,13H,3-4,7H2,1-2H3. The molecule has 16 heavy (non-hydrogen) atoms. The summed E-state index contributed by atoms with van der Waals surface area (Å²) in [7, 11) is 3.31. The van der Waals surface area contributed by atoms with E-state index in [1.54, 1.807) is 4.90 Å². The van der Waals surface area contributed by atoms with E-state index in [0.29, 0.717) is 0 Å². The second-order valence-corrected chi connectivity index (χ2v) is 3.82. The summed E-state index contributed by atoms with van der Waals surface area (Å²) in [6.45, 7) is 0.735. The van der Waals surface area contributed by atoms with Crippen LogP contribution in [0.15, 0.2) is 18.2 Å². The molecule has 0 radical (unpaired) electrons. The van der Waals surface area contributed by atoms with Crippen molar-refractivity contribution < 1.29 is 9.53 Å². The number of methoxy groups -OCH3 is 1. The van der Waals surface area contributed by atoms with Gasteiger partial charge in [-0.15, -0.1) is 0 Å². The van der Waals surface area contributed by atoms with E-state index >= 15 is 0 Å². The fourth-order valence-corrected chi connectivity index (χ4v) is 2.05. The topological polar surface area (TPSA) is 41.6 Å². The first kappa shape index (κ1) is 10.8. The number of amides is 1. The van der Waals surface area contributed by atoms with Crippen LogP contribution in [-0.4, -0.2) is 26.8 Å². The van der Waals surface area contributed by atoms with Crippen LogP contribution in [0.2, 0.25) is 0 Å². The quantitative estimate of drug-likeness (QED) is 0.789. The molecule has 2 rings (SSSR count). The Labute approximate surface area is 95.2 Å². The van der Waals surface area contributed by atoms with E-state index in [1.807, 2.05) is 19.2 Å². The lowest BCUT2D eigenvalue weighted by molar-refractivity contribution is 0.178. The second kappa shape index (κ2) is 4.43. The third-order valence-electron chi connectivity index (χ3n) is 2.88. The highest BCUT2D eigenvalue weighted by Gasteiger charge is 2.22. The average molecular weight is 220 g/mol. The molecule has 0 unspecified atom stereocenters. The summed E-state index contributed by atoms with van der Waals surface area (Å²) in [5.41, 5.74) is 3.24. The van der Waals surface area contributed by atoms with Crippen LogP contribution in [0, 0.1) is 0 Å². The van der Waals surface area contributed by atoms with Gasteiger partial charge >= 0.3 is 6.09 Å². The Kier molecular flexibility index (Phi) is 2.99. The minimum Gasteiger partial charge on any atom is -0.452 e. The van der Waals surface area contributed by atoms with E-state index in [0.717, 1.165) is 30.8 Å². The molecule has 0 bridgehead atoms. The van der Waals surface area contributed by atoms with Gasteiger partial charge in [-0.3, -0.25) is 4.90 Å². The van der Waals surface area contributed by atoms with Crippen LogP contribution >= 0.6 is 0 Å². The Morgan fingerprint density at radius 3 is 3.00 bits per heavy atom. The van der Waals surface area contributed by atoms with Gasteiger partial charge < -0.3 is 10.1 Å². The number of hydrogen-bond donors (Lipinski definition) is 1. The highest BCUT2D eigenvalue weighted by atomic mass is 16.5. The number of ether oxygens (including phenoxy) is 1. The number of hydrogen-bond acceptors (Lipinski definition) is 3. The van der Waals surface area contributed by atoms with Crippen molar-refractivity contribution in [2.24, 2.45) is 0 Å².